The third-order valence-corrected chi connectivity index (χ3v) is 3.12. The highest BCUT2D eigenvalue weighted by molar-refractivity contribution is 5.85. The van der Waals surface area contributed by atoms with Crippen LogP contribution in [-0.4, -0.2) is 30.3 Å². The lowest BCUT2D eigenvalue weighted by molar-refractivity contribution is -0.134. The number of rotatable bonds is 11. The van der Waals surface area contributed by atoms with Crippen molar-refractivity contribution in [2.45, 2.75) is 39.5 Å². The van der Waals surface area contributed by atoms with Crippen LogP contribution in [0.5, 0.6) is 17.2 Å². The number of esters is 1. The maximum atomic E-state index is 11.9. The average molecular weight is 336 g/mol. The zero-order valence-corrected chi connectivity index (χ0v) is 14.2. The minimum absolute atomic E-state index is 0.147. The Morgan fingerprint density at radius 1 is 0.958 bits per heavy atom. The number of carbonyl (C=O) groups excluding carboxylic acids is 1. The smallest absolute Gasteiger partial charge is 0.330 e. The molecule has 0 atom stereocenters. The molecule has 6 nitrogen and oxygen atoms in total. The van der Waals surface area contributed by atoms with Gasteiger partial charge in [0.1, 0.15) is 17.2 Å². The van der Waals surface area contributed by atoms with E-state index in [-0.39, 0.29) is 18.0 Å². The standard InChI is InChI=1S/C18H24O6/c1-4-22-14-10-15(23-5-2)12-16(11-14)24-17(19)9-7-6-8-13(3)18(20)21/h10-12H,3-9H2,1-2H3,(H,20,21). The summed E-state index contributed by atoms with van der Waals surface area (Å²) in [5.41, 5.74) is 0.147. The topological polar surface area (TPSA) is 82.1 Å². The normalized spacial score (nSPS) is 10.1. The highest BCUT2D eigenvalue weighted by atomic mass is 16.5. The molecule has 24 heavy (non-hydrogen) atoms. The monoisotopic (exact) mass is 336 g/mol. The second-order valence-electron chi connectivity index (χ2n) is 5.10. The SMILES string of the molecule is C=C(CCCCC(=O)Oc1cc(OCC)cc(OCC)c1)C(=O)O. The van der Waals surface area contributed by atoms with Crippen LogP contribution in [-0.2, 0) is 9.59 Å². The first-order valence-corrected chi connectivity index (χ1v) is 7.98. The zero-order valence-electron chi connectivity index (χ0n) is 14.2. The van der Waals surface area contributed by atoms with Gasteiger partial charge in [-0.2, -0.15) is 0 Å². The van der Waals surface area contributed by atoms with E-state index in [2.05, 4.69) is 6.58 Å². The summed E-state index contributed by atoms with van der Waals surface area (Å²) in [5.74, 6) is 0.123. The maximum Gasteiger partial charge on any atom is 0.330 e. The molecule has 0 bridgehead atoms. The fourth-order valence-electron chi connectivity index (χ4n) is 2.00. The molecule has 1 rings (SSSR count). The molecule has 0 saturated carbocycles. The molecule has 0 saturated heterocycles. The molecule has 0 radical (unpaired) electrons. The molecular weight excluding hydrogens is 312 g/mol. The summed E-state index contributed by atoms with van der Waals surface area (Å²) in [6.45, 7) is 8.17. The molecule has 0 aliphatic rings. The molecule has 6 heteroatoms. The molecule has 0 aromatic heterocycles. The van der Waals surface area contributed by atoms with Gasteiger partial charge in [0.05, 0.1) is 13.2 Å². The Balaban J connectivity index is 2.53. The fraction of sp³-hybridized carbons (Fsp3) is 0.444. The van der Waals surface area contributed by atoms with Gasteiger partial charge in [0.15, 0.2) is 0 Å². The second-order valence-corrected chi connectivity index (χ2v) is 5.10. The molecule has 0 aliphatic heterocycles. The summed E-state index contributed by atoms with van der Waals surface area (Å²) in [6, 6.07) is 5.01. The Kier molecular flexibility index (Phi) is 8.39. The highest BCUT2D eigenvalue weighted by Crippen LogP contribution is 2.28. The fourth-order valence-corrected chi connectivity index (χ4v) is 2.00. The molecule has 0 spiro atoms. The quantitative estimate of drug-likeness (QED) is 0.288. The molecule has 0 fully saturated rings. The van der Waals surface area contributed by atoms with Crippen molar-refractivity contribution < 1.29 is 28.9 Å². The first-order chi connectivity index (χ1) is 11.5. The summed E-state index contributed by atoms with van der Waals surface area (Å²) >= 11 is 0. The van der Waals surface area contributed by atoms with Crippen LogP contribution < -0.4 is 14.2 Å². The minimum Gasteiger partial charge on any atom is -0.494 e. The molecular formula is C18H24O6. The summed E-state index contributed by atoms with van der Waals surface area (Å²) < 4.78 is 16.2. The molecule has 0 amide bonds. The van der Waals surface area contributed by atoms with Gasteiger partial charge >= 0.3 is 11.9 Å². The first kappa shape index (κ1) is 19.5. The molecule has 1 aromatic carbocycles. The van der Waals surface area contributed by atoms with E-state index in [0.29, 0.717) is 49.7 Å². The van der Waals surface area contributed by atoms with Crippen LogP contribution in [0.1, 0.15) is 39.5 Å². The van der Waals surface area contributed by atoms with Crippen molar-refractivity contribution in [2.24, 2.45) is 0 Å². The van der Waals surface area contributed by atoms with Crippen molar-refractivity contribution in [2.75, 3.05) is 13.2 Å². The maximum absolute atomic E-state index is 11.9. The van der Waals surface area contributed by atoms with E-state index in [1.54, 1.807) is 18.2 Å². The summed E-state index contributed by atoms with van der Waals surface area (Å²) in [6.07, 6.45) is 1.67. The van der Waals surface area contributed by atoms with E-state index in [1.807, 2.05) is 13.8 Å². The molecule has 0 aliphatic carbocycles. The van der Waals surface area contributed by atoms with Crippen molar-refractivity contribution >= 4 is 11.9 Å². The van der Waals surface area contributed by atoms with E-state index in [9.17, 15) is 9.59 Å². The van der Waals surface area contributed by atoms with Gasteiger partial charge in [-0.1, -0.05) is 6.58 Å². The lowest BCUT2D eigenvalue weighted by Gasteiger charge is -2.11. The van der Waals surface area contributed by atoms with E-state index in [1.165, 1.54) is 0 Å². The molecule has 1 N–H and O–H groups in total. The van der Waals surface area contributed by atoms with Crippen molar-refractivity contribution in [1.29, 1.82) is 0 Å². The van der Waals surface area contributed by atoms with Crippen LogP contribution >= 0.6 is 0 Å². The van der Waals surface area contributed by atoms with E-state index >= 15 is 0 Å². The van der Waals surface area contributed by atoms with Gasteiger partial charge in [0.2, 0.25) is 0 Å². The number of hydrogen-bond acceptors (Lipinski definition) is 5. The first-order valence-electron chi connectivity index (χ1n) is 7.98. The molecule has 132 valence electrons. The predicted octanol–water partition coefficient (Wildman–Crippen LogP) is 3.59. The number of aliphatic carboxylic acids is 1. The Bertz CT molecular complexity index is 555. The summed E-state index contributed by atoms with van der Waals surface area (Å²) in [5, 5.41) is 8.71. The van der Waals surface area contributed by atoms with Crippen LogP contribution in [0.2, 0.25) is 0 Å². The van der Waals surface area contributed by atoms with Gasteiger partial charge in [-0.05, 0) is 33.1 Å². The predicted molar refractivity (Wildman–Crippen MR) is 89.7 cm³/mol. The number of carbonyl (C=O) groups is 2. The Hall–Kier alpha value is -2.50. The van der Waals surface area contributed by atoms with Crippen molar-refractivity contribution in [1.82, 2.24) is 0 Å². The van der Waals surface area contributed by atoms with Crippen LogP contribution in [0.25, 0.3) is 0 Å². The largest absolute Gasteiger partial charge is 0.494 e. The summed E-state index contributed by atoms with van der Waals surface area (Å²) in [7, 11) is 0. The number of unbranched alkanes of at least 4 members (excludes halogenated alkanes) is 1. The van der Waals surface area contributed by atoms with Crippen LogP contribution in [0.4, 0.5) is 0 Å². The molecule has 1 aromatic rings. The van der Waals surface area contributed by atoms with E-state index in [4.69, 9.17) is 19.3 Å². The third-order valence-electron chi connectivity index (χ3n) is 3.12. The average Bonchev–Trinajstić information content (AvgIpc) is 2.51. The Morgan fingerprint density at radius 2 is 1.46 bits per heavy atom. The van der Waals surface area contributed by atoms with Gasteiger partial charge in [-0.15, -0.1) is 0 Å². The molecule has 0 unspecified atom stereocenters. The van der Waals surface area contributed by atoms with Gasteiger partial charge < -0.3 is 19.3 Å². The van der Waals surface area contributed by atoms with Crippen molar-refractivity contribution in [3.63, 3.8) is 0 Å². The van der Waals surface area contributed by atoms with Gasteiger partial charge in [-0.3, -0.25) is 4.79 Å². The lowest BCUT2D eigenvalue weighted by Crippen LogP contribution is -2.08. The number of benzene rings is 1. The van der Waals surface area contributed by atoms with Crippen molar-refractivity contribution in [3.8, 4) is 17.2 Å². The van der Waals surface area contributed by atoms with Gasteiger partial charge in [0.25, 0.3) is 0 Å². The second kappa shape index (κ2) is 10.3. The molecule has 0 heterocycles. The Morgan fingerprint density at radius 3 is 1.96 bits per heavy atom. The lowest BCUT2D eigenvalue weighted by atomic mass is 10.1. The van der Waals surface area contributed by atoms with Crippen LogP contribution in [0.3, 0.4) is 0 Å². The zero-order chi connectivity index (χ0) is 17.9. The van der Waals surface area contributed by atoms with Crippen LogP contribution in [0.15, 0.2) is 30.4 Å². The van der Waals surface area contributed by atoms with Gasteiger partial charge in [0, 0.05) is 30.2 Å². The van der Waals surface area contributed by atoms with E-state index in [0.717, 1.165) is 0 Å². The number of ether oxygens (including phenoxy) is 3. The van der Waals surface area contributed by atoms with E-state index < -0.39 is 5.97 Å². The number of hydrogen-bond donors (Lipinski definition) is 1. The van der Waals surface area contributed by atoms with Crippen molar-refractivity contribution in [3.05, 3.63) is 30.4 Å². The highest BCUT2D eigenvalue weighted by Gasteiger charge is 2.10. The minimum atomic E-state index is -1.01. The van der Waals surface area contributed by atoms with Gasteiger partial charge in [-0.25, -0.2) is 4.79 Å². The third kappa shape index (κ3) is 7.17. The van der Waals surface area contributed by atoms with Crippen LogP contribution in [0, 0.1) is 0 Å². The summed E-state index contributed by atoms with van der Waals surface area (Å²) in [4.78, 5) is 22.5. The number of carboxylic acid groups (broad SMARTS) is 1. The number of carboxylic acids is 1. The Labute approximate surface area is 142 Å².